The smallest absolute Gasteiger partial charge is 0.310 e. The average Bonchev–Trinajstić information content (AvgIpc) is 3.11. The van der Waals surface area contributed by atoms with Crippen LogP contribution in [0.2, 0.25) is 0 Å². The minimum atomic E-state index is -0.782. The van der Waals surface area contributed by atoms with E-state index >= 15 is 0 Å². The van der Waals surface area contributed by atoms with Crippen molar-refractivity contribution in [3.05, 3.63) is 23.8 Å². The number of ether oxygens (including phenoxy) is 1. The normalized spacial score (nSPS) is 27.1. The molecule has 90 valence electrons. The Morgan fingerprint density at radius 1 is 1.41 bits per heavy atom. The summed E-state index contributed by atoms with van der Waals surface area (Å²) in [4.78, 5) is 11.3. The first-order chi connectivity index (χ1) is 8.16. The van der Waals surface area contributed by atoms with Crippen molar-refractivity contribution in [1.82, 2.24) is 0 Å². The third kappa shape index (κ3) is 1.73. The van der Waals surface area contributed by atoms with E-state index in [4.69, 9.17) is 10.5 Å². The molecule has 1 aliphatic carbocycles. The first kappa shape index (κ1) is 10.4. The van der Waals surface area contributed by atoms with Crippen molar-refractivity contribution in [2.24, 2.45) is 11.8 Å². The lowest BCUT2D eigenvalue weighted by Crippen LogP contribution is -2.39. The van der Waals surface area contributed by atoms with E-state index in [-0.39, 0.29) is 6.10 Å². The van der Waals surface area contributed by atoms with Crippen LogP contribution in [0.3, 0.4) is 0 Å². The summed E-state index contributed by atoms with van der Waals surface area (Å²) in [6, 6.07) is 5.51. The highest BCUT2D eigenvalue weighted by Gasteiger charge is 2.44. The third-order valence-electron chi connectivity index (χ3n) is 3.66. The molecule has 0 saturated heterocycles. The van der Waals surface area contributed by atoms with Gasteiger partial charge in [-0.2, -0.15) is 0 Å². The lowest BCUT2D eigenvalue weighted by molar-refractivity contribution is -0.146. The van der Waals surface area contributed by atoms with Gasteiger partial charge in [0.2, 0.25) is 0 Å². The van der Waals surface area contributed by atoms with Gasteiger partial charge in [0.15, 0.2) is 0 Å². The second-order valence-electron chi connectivity index (χ2n) is 4.89. The Kier molecular flexibility index (Phi) is 2.24. The number of aliphatic carboxylic acids is 1. The Morgan fingerprint density at radius 2 is 2.18 bits per heavy atom. The summed E-state index contributed by atoms with van der Waals surface area (Å²) in [5, 5.41) is 9.28. The van der Waals surface area contributed by atoms with Gasteiger partial charge in [-0.05, 0) is 37.3 Å². The maximum Gasteiger partial charge on any atom is 0.310 e. The van der Waals surface area contributed by atoms with Crippen molar-refractivity contribution in [2.45, 2.75) is 25.4 Å². The molecule has 1 saturated carbocycles. The Balaban J connectivity index is 1.97. The number of hydrogen-bond donors (Lipinski definition) is 2. The van der Waals surface area contributed by atoms with Crippen LogP contribution in [0.5, 0.6) is 5.75 Å². The van der Waals surface area contributed by atoms with E-state index in [1.165, 1.54) is 0 Å². The molecule has 0 radical (unpaired) electrons. The van der Waals surface area contributed by atoms with Crippen molar-refractivity contribution in [3.63, 3.8) is 0 Å². The molecule has 1 fully saturated rings. The monoisotopic (exact) mass is 233 g/mol. The number of fused-ring (bicyclic) bond motifs is 1. The Labute approximate surface area is 99.4 Å². The number of rotatable bonds is 2. The van der Waals surface area contributed by atoms with Crippen LogP contribution < -0.4 is 10.5 Å². The summed E-state index contributed by atoms with van der Waals surface area (Å²) in [5.41, 5.74) is 7.34. The lowest BCUT2D eigenvalue weighted by atomic mass is 9.87. The van der Waals surface area contributed by atoms with E-state index in [1.54, 1.807) is 6.07 Å². The minimum Gasteiger partial charge on any atom is -0.489 e. The summed E-state index contributed by atoms with van der Waals surface area (Å²) < 4.78 is 5.85. The predicted octanol–water partition coefficient (Wildman–Crippen LogP) is 1.68. The van der Waals surface area contributed by atoms with Crippen LogP contribution >= 0.6 is 0 Å². The van der Waals surface area contributed by atoms with Gasteiger partial charge >= 0.3 is 5.97 Å². The van der Waals surface area contributed by atoms with Crippen LogP contribution in [0.1, 0.15) is 18.4 Å². The summed E-state index contributed by atoms with van der Waals surface area (Å²) in [6.45, 7) is 0. The topological polar surface area (TPSA) is 72.6 Å². The standard InChI is InChI=1S/C13H15NO3/c14-10-2-1-3-11-8(10)6-9(13(15)16)12(17-11)7-4-5-7/h1-3,7,9,12H,4-6,14H2,(H,15,16). The largest absolute Gasteiger partial charge is 0.489 e. The summed E-state index contributed by atoms with van der Waals surface area (Å²) in [6.07, 6.45) is 2.46. The lowest BCUT2D eigenvalue weighted by Gasteiger charge is -2.32. The maximum atomic E-state index is 11.3. The first-order valence-electron chi connectivity index (χ1n) is 5.93. The third-order valence-corrected chi connectivity index (χ3v) is 3.66. The number of carboxylic acid groups (broad SMARTS) is 1. The predicted molar refractivity (Wildman–Crippen MR) is 62.8 cm³/mol. The zero-order valence-corrected chi connectivity index (χ0v) is 9.43. The van der Waals surface area contributed by atoms with E-state index in [9.17, 15) is 9.90 Å². The zero-order valence-electron chi connectivity index (χ0n) is 9.43. The molecule has 1 aliphatic heterocycles. The van der Waals surface area contributed by atoms with E-state index in [0.29, 0.717) is 18.0 Å². The molecular formula is C13H15NO3. The number of benzene rings is 1. The number of carboxylic acids is 1. The van der Waals surface area contributed by atoms with Gasteiger partial charge in [0.1, 0.15) is 11.9 Å². The van der Waals surface area contributed by atoms with E-state index in [0.717, 1.165) is 24.2 Å². The van der Waals surface area contributed by atoms with Gasteiger partial charge in [0, 0.05) is 11.3 Å². The highest BCUT2D eigenvalue weighted by atomic mass is 16.5. The van der Waals surface area contributed by atoms with Crippen LogP contribution in [0.25, 0.3) is 0 Å². The summed E-state index contributed by atoms with van der Waals surface area (Å²) in [5.74, 6) is -0.0689. The van der Waals surface area contributed by atoms with E-state index < -0.39 is 11.9 Å². The Hall–Kier alpha value is -1.71. The maximum absolute atomic E-state index is 11.3. The number of carbonyl (C=O) groups is 1. The number of hydrogen-bond acceptors (Lipinski definition) is 3. The molecule has 0 spiro atoms. The number of nitrogen functional groups attached to an aromatic ring is 1. The van der Waals surface area contributed by atoms with Gasteiger partial charge in [-0.3, -0.25) is 4.79 Å². The molecule has 17 heavy (non-hydrogen) atoms. The molecule has 1 aromatic carbocycles. The van der Waals surface area contributed by atoms with Crippen LogP contribution in [0.15, 0.2) is 18.2 Å². The fourth-order valence-corrected chi connectivity index (χ4v) is 2.55. The molecule has 0 amide bonds. The quantitative estimate of drug-likeness (QED) is 0.762. The van der Waals surface area contributed by atoms with Crippen LogP contribution in [-0.4, -0.2) is 17.2 Å². The Bertz CT molecular complexity index is 468. The number of nitrogens with two attached hydrogens (primary N) is 1. The van der Waals surface area contributed by atoms with E-state index in [2.05, 4.69) is 0 Å². The van der Waals surface area contributed by atoms with Crippen LogP contribution in [0.4, 0.5) is 5.69 Å². The van der Waals surface area contributed by atoms with Crippen LogP contribution in [-0.2, 0) is 11.2 Å². The van der Waals surface area contributed by atoms with Gasteiger partial charge in [0.25, 0.3) is 0 Å². The molecule has 4 nitrogen and oxygen atoms in total. The van der Waals surface area contributed by atoms with Gasteiger partial charge < -0.3 is 15.6 Å². The molecule has 4 heteroatoms. The van der Waals surface area contributed by atoms with Gasteiger partial charge in [0.05, 0.1) is 5.92 Å². The van der Waals surface area contributed by atoms with Gasteiger partial charge in [-0.1, -0.05) is 6.07 Å². The van der Waals surface area contributed by atoms with Crippen molar-refractivity contribution in [2.75, 3.05) is 5.73 Å². The van der Waals surface area contributed by atoms with Crippen LogP contribution in [0, 0.1) is 11.8 Å². The molecule has 1 heterocycles. The molecule has 1 aromatic rings. The van der Waals surface area contributed by atoms with Crippen molar-refractivity contribution in [1.29, 1.82) is 0 Å². The Morgan fingerprint density at radius 3 is 2.82 bits per heavy atom. The molecule has 2 atom stereocenters. The first-order valence-corrected chi connectivity index (χ1v) is 5.93. The fourth-order valence-electron chi connectivity index (χ4n) is 2.55. The van der Waals surface area contributed by atoms with Crippen molar-refractivity contribution in [3.8, 4) is 5.75 Å². The molecule has 3 N–H and O–H groups in total. The molecule has 2 aliphatic rings. The zero-order chi connectivity index (χ0) is 12.0. The fraction of sp³-hybridized carbons (Fsp3) is 0.462. The van der Waals surface area contributed by atoms with Crippen molar-refractivity contribution < 1.29 is 14.6 Å². The summed E-state index contributed by atoms with van der Waals surface area (Å²) in [7, 11) is 0. The summed E-state index contributed by atoms with van der Waals surface area (Å²) >= 11 is 0. The van der Waals surface area contributed by atoms with Crippen molar-refractivity contribution >= 4 is 11.7 Å². The molecule has 0 bridgehead atoms. The van der Waals surface area contributed by atoms with Gasteiger partial charge in [-0.25, -0.2) is 0 Å². The molecule has 3 rings (SSSR count). The SMILES string of the molecule is Nc1cccc2c1CC(C(=O)O)C(C1CC1)O2. The highest BCUT2D eigenvalue weighted by Crippen LogP contribution is 2.44. The second-order valence-corrected chi connectivity index (χ2v) is 4.89. The molecular weight excluding hydrogens is 218 g/mol. The molecule has 2 unspecified atom stereocenters. The van der Waals surface area contributed by atoms with E-state index in [1.807, 2.05) is 12.1 Å². The highest BCUT2D eigenvalue weighted by molar-refractivity contribution is 5.73. The second kappa shape index (κ2) is 3.65. The average molecular weight is 233 g/mol. The van der Waals surface area contributed by atoms with Gasteiger partial charge in [-0.15, -0.1) is 0 Å². The molecule has 0 aromatic heterocycles. The minimum absolute atomic E-state index is 0.179. The number of anilines is 1.